The van der Waals surface area contributed by atoms with Gasteiger partial charge in [0.1, 0.15) is 18.0 Å². The van der Waals surface area contributed by atoms with E-state index >= 15 is 0 Å². The average Bonchev–Trinajstić information content (AvgIpc) is 2.69. The third-order valence-corrected chi connectivity index (χ3v) is 6.01. The van der Waals surface area contributed by atoms with Crippen molar-refractivity contribution in [2.45, 2.75) is 18.9 Å². The molecule has 2 heterocycles. The van der Waals surface area contributed by atoms with E-state index in [1.54, 1.807) is 7.11 Å². The Labute approximate surface area is 158 Å². The lowest BCUT2D eigenvalue weighted by Gasteiger charge is -2.40. The van der Waals surface area contributed by atoms with Crippen molar-refractivity contribution in [2.24, 2.45) is 0 Å². The molecule has 1 aromatic rings. The van der Waals surface area contributed by atoms with Crippen LogP contribution >= 0.6 is 11.8 Å². The molecule has 7 nitrogen and oxygen atoms in total. The number of thioether (sulfide) groups is 1. The lowest BCUT2D eigenvalue weighted by molar-refractivity contribution is -0.384. The average molecular weight is 381 g/mol. The maximum atomic E-state index is 11.5. The van der Waals surface area contributed by atoms with Crippen LogP contribution in [0.3, 0.4) is 0 Å². The van der Waals surface area contributed by atoms with Gasteiger partial charge < -0.3 is 14.4 Å². The van der Waals surface area contributed by atoms with Crippen molar-refractivity contribution in [1.29, 1.82) is 0 Å². The lowest BCUT2D eigenvalue weighted by Crippen LogP contribution is -2.47. The number of piperidine rings is 1. The van der Waals surface area contributed by atoms with Crippen LogP contribution < -0.4 is 9.64 Å². The minimum Gasteiger partial charge on any atom is -0.491 e. The number of benzene rings is 1. The molecule has 2 fully saturated rings. The summed E-state index contributed by atoms with van der Waals surface area (Å²) in [5, 5.41) is 11.5. The van der Waals surface area contributed by atoms with Gasteiger partial charge in [-0.3, -0.25) is 15.0 Å². The highest BCUT2D eigenvalue weighted by Gasteiger charge is 2.28. The molecular weight excluding hydrogens is 354 g/mol. The van der Waals surface area contributed by atoms with Gasteiger partial charge >= 0.3 is 0 Å². The first kappa shape index (κ1) is 19.3. The fraction of sp³-hybridized carbons (Fsp3) is 0.667. The van der Waals surface area contributed by atoms with Gasteiger partial charge in [-0.25, -0.2) is 0 Å². The van der Waals surface area contributed by atoms with Crippen LogP contribution in [0, 0.1) is 10.1 Å². The molecule has 1 aromatic carbocycles. The molecule has 0 atom stereocenters. The molecule has 0 unspecified atom stereocenters. The van der Waals surface area contributed by atoms with Gasteiger partial charge in [0, 0.05) is 50.8 Å². The van der Waals surface area contributed by atoms with Gasteiger partial charge in [-0.1, -0.05) is 0 Å². The Morgan fingerprint density at radius 2 is 1.92 bits per heavy atom. The Bertz CT molecular complexity index is 602. The molecule has 0 amide bonds. The number of hydrogen-bond acceptors (Lipinski definition) is 7. The molecule has 0 N–H and O–H groups in total. The number of nitro groups is 1. The second-order valence-corrected chi connectivity index (χ2v) is 7.84. The van der Waals surface area contributed by atoms with E-state index in [9.17, 15) is 10.1 Å². The highest BCUT2D eigenvalue weighted by atomic mass is 32.2. The Morgan fingerprint density at radius 3 is 2.58 bits per heavy atom. The summed E-state index contributed by atoms with van der Waals surface area (Å²) < 4.78 is 10.5. The van der Waals surface area contributed by atoms with Gasteiger partial charge in [0.15, 0.2) is 0 Å². The van der Waals surface area contributed by atoms with Gasteiger partial charge in [-0.2, -0.15) is 11.8 Å². The van der Waals surface area contributed by atoms with E-state index in [0.717, 1.165) is 25.9 Å². The predicted molar refractivity (Wildman–Crippen MR) is 105 cm³/mol. The fourth-order valence-corrected chi connectivity index (χ4v) is 4.60. The third-order valence-electron chi connectivity index (χ3n) is 5.07. The van der Waals surface area contributed by atoms with Crippen LogP contribution in [0.15, 0.2) is 18.2 Å². The van der Waals surface area contributed by atoms with Crippen molar-refractivity contribution >= 4 is 23.1 Å². The quantitative estimate of drug-likeness (QED) is 0.408. The Balaban J connectivity index is 1.64. The van der Waals surface area contributed by atoms with Crippen LogP contribution in [0.2, 0.25) is 0 Å². The van der Waals surface area contributed by atoms with Gasteiger partial charge in [0.05, 0.1) is 17.6 Å². The van der Waals surface area contributed by atoms with Crippen LogP contribution in [-0.4, -0.2) is 73.9 Å². The lowest BCUT2D eigenvalue weighted by atomic mass is 10.0. The maximum absolute atomic E-state index is 11.5. The number of methoxy groups -OCH3 is 1. The number of anilines is 1. The van der Waals surface area contributed by atoms with Gasteiger partial charge in [0.25, 0.3) is 5.69 Å². The number of hydrogen-bond donors (Lipinski definition) is 0. The Kier molecular flexibility index (Phi) is 6.99. The van der Waals surface area contributed by atoms with Crippen molar-refractivity contribution in [3.8, 4) is 5.75 Å². The van der Waals surface area contributed by atoms with Crippen LogP contribution in [0.5, 0.6) is 5.75 Å². The van der Waals surface area contributed by atoms with E-state index in [0.29, 0.717) is 30.7 Å². The predicted octanol–water partition coefficient (Wildman–Crippen LogP) is 2.64. The van der Waals surface area contributed by atoms with Crippen LogP contribution in [-0.2, 0) is 4.74 Å². The summed E-state index contributed by atoms with van der Waals surface area (Å²) >= 11 is 2.03. The molecule has 2 aliphatic heterocycles. The largest absolute Gasteiger partial charge is 0.491 e. The summed E-state index contributed by atoms with van der Waals surface area (Å²) in [4.78, 5) is 16.0. The Morgan fingerprint density at radius 1 is 1.19 bits per heavy atom. The van der Waals surface area contributed by atoms with E-state index in [4.69, 9.17) is 9.47 Å². The number of rotatable bonds is 7. The van der Waals surface area contributed by atoms with E-state index in [-0.39, 0.29) is 10.6 Å². The summed E-state index contributed by atoms with van der Waals surface area (Å²) in [6.45, 7) is 4.90. The van der Waals surface area contributed by atoms with Crippen LogP contribution in [0.4, 0.5) is 11.4 Å². The number of ether oxygens (including phenoxy) is 2. The first-order valence-electron chi connectivity index (χ1n) is 9.16. The third kappa shape index (κ3) is 4.81. The second-order valence-electron chi connectivity index (χ2n) is 6.62. The number of nitrogens with zero attached hydrogens (tertiary/aromatic N) is 3. The molecule has 0 aromatic heterocycles. The van der Waals surface area contributed by atoms with Gasteiger partial charge in [-0.05, 0) is 25.0 Å². The molecule has 3 rings (SSSR count). The highest BCUT2D eigenvalue weighted by molar-refractivity contribution is 7.99. The summed E-state index contributed by atoms with van der Waals surface area (Å²) in [7, 11) is 1.60. The van der Waals surface area contributed by atoms with E-state index in [1.807, 2.05) is 23.9 Å². The zero-order valence-corrected chi connectivity index (χ0v) is 16.1. The monoisotopic (exact) mass is 381 g/mol. The molecule has 0 bridgehead atoms. The van der Waals surface area contributed by atoms with Gasteiger partial charge in [-0.15, -0.1) is 0 Å². The minimum absolute atomic E-state index is 0.118. The molecule has 2 saturated heterocycles. The van der Waals surface area contributed by atoms with Crippen molar-refractivity contribution in [2.75, 3.05) is 62.9 Å². The van der Waals surface area contributed by atoms with Gasteiger partial charge in [0.2, 0.25) is 0 Å². The van der Waals surface area contributed by atoms with Crippen molar-refractivity contribution < 1.29 is 14.4 Å². The summed E-state index contributed by atoms with van der Waals surface area (Å²) in [5.74, 6) is 2.95. The smallest absolute Gasteiger partial charge is 0.296 e. The molecule has 0 aliphatic carbocycles. The van der Waals surface area contributed by atoms with E-state index in [1.165, 1.54) is 30.7 Å². The van der Waals surface area contributed by atoms with Crippen LogP contribution in [0.25, 0.3) is 0 Å². The minimum atomic E-state index is -0.313. The highest BCUT2D eigenvalue weighted by Crippen LogP contribution is 2.34. The summed E-state index contributed by atoms with van der Waals surface area (Å²) in [6, 6.07) is 5.77. The molecule has 0 spiro atoms. The standard InChI is InChI=1S/C18H27N3O4S/c1-24-10-11-25-16-2-3-17(18(14-16)21(22)23)20-6-4-15(5-7-20)19-8-12-26-13-9-19/h2-3,14-15H,4-13H2,1H3. The molecular formula is C18H27N3O4S. The zero-order valence-electron chi connectivity index (χ0n) is 15.3. The fourth-order valence-electron chi connectivity index (χ4n) is 3.66. The normalized spacial score (nSPS) is 19.5. The van der Waals surface area contributed by atoms with Crippen molar-refractivity contribution in [1.82, 2.24) is 4.90 Å². The van der Waals surface area contributed by atoms with Crippen molar-refractivity contribution in [3.05, 3.63) is 28.3 Å². The first-order chi connectivity index (χ1) is 12.7. The molecule has 0 saturated carbocycles. The van der Waals surface area contributed by atoms with Crippen molar-refractivity contribution in [3.63, 3.8) is 0 Å². The molecule has 8 heteroatoms. The molecule has 144 valence electrons. The second kappa shape index (κ2) is 9.43. The molecule has 2 aliphatic rings. The zero-order chi connectivity index (χ0) is 18.4. The molecule has 0 radical (unpaired) electrons. The maximum Gasteiger partial charge on any atom is 0.296 e. The molecule has 26 heavy (non-hydrogen) atoms. The topological polar surface area (TPSA) is 68.1 Å². The first-order valence-corrected chi connectivity index (χ1v) is 10.3. The summed E-state index contributed by atoms with van der Waals surface area (Å²) in [6.07, 6.45) is 2.13. The Hall–Kier alpha value is -1.51. The summed E-state index contributed by atoms with van der Waals surface area (Å²) in [5.41, 5.74) is 0.814. The number of nitro benzene ring substituents is 1. The van der Waals surface area contributed by atoms with Crippen LogP contribution in [0.1, 0.15) is 12.8 Å². The van der Waals surface area contributed by atoms with E-state index in [2.05, 4.69) is 9.80 Å². The van der Waals surface area contributed by atoms with E-state index < -0.39 is 0 Å². The SMILES string of the molecule is COCCOc1ccc(N2CCC(N3CCSCC3)CC2)c([N+](=O)[O-])c1.